The molecule has 6 nitrogen and oxygen atoms in total. The molecule has 5 rings (SSSR count). The summed E-state index contributed by atoms with van der Waals surface area (Å²) in [6, 6.07) is 10.1. The second kappa shape index (κ2) is 9.68. The average molecular weight is 475 g/mol. The third kappa shape index (κ3) is 4.76. The first kappa shape index (κ1) is 22.7. The van der Waals surface area contributed by atoms with Crippen molar-refractivity contribution >= 4 is 33.4 Å². The first-order valence-corrected chi connectivity index (χ1v) is 12.8. The molecule has 1 aromatic heterocycles. The smallest absolute Gasteiger partial charge is 0.251 e. The zero-order valence-electron chi connectivity index (χ0n) is 19.8. The van der Waals surface area contributed by atoms with E-state index in [0.717, 1.165) is 48.3 Å². The standard InChI is InChI=1S/C27H30N4O2S/c1-18-12-20-7-10-31(16-23(20)13-19(18)2)27(33)22-4-3-9-30(15-22)11-8-28-26(32)21-5-6-24-25(14-21)34-17-29-24/h4-6,12-14,17H,3,7-11,15-16H2,1-2H3,(H,28,32). The molecule has 3 aromatic rings. The van der Waals surface area contributed by atoms with Gasteiger partial charge in [-0.25, -0.2) is 4.98 Å². The van der Waals surface area contributed by atoms with Crippen LogP contribution in [0.3, 0.4) is 0 Å². The summed E-state index contributed by atoms with van der Waals surface area (Å²) in [4.78, 5) is 34.3. The number of aryl methyl sites for hydroxylation is 2. The summed E-state index contributed by atoms with van der Waals surface area (Å²) >= 11 is 1.54. The van der Waals surface area contributed by atoms with Gasteiger partial charge in [-0.15, -0.1) is 11.3 Å². The van der Waals surface area contributed by atoms with Gasteiger partial charge in [0.15, 0.2) is 0 Å². The summed E-state index contributed by atoms with van der Waals surface area (Å²) in [7, 11) is 0. The summed E-state index contributed by atoms with van der Waals surface area (Å²) in [5.74, 6) is 0.0761. The Hall–Kier alpha value is -3.03. The van der Waals surface area contributed by atoms with Gasteiger partial charge in [-0.05, 0) is 67.1 Å². The molecule has 0 fully saturated rings. The van der Waals surface area contributed by atoms with Crippen LogP contribution in [0, 0.1) is 13.8 Å². The molecule has 0 atom stereocenters. The van der Waals surface area contributed by atoms with E-state index in [1.165, 1.54) is 33.6 Å². The minimum atomic E-state index is -0.0725. The molecule has 0 unspecified atom stereocenters. The quantitative estimate of drug-likeness (QED) is 0.610. The minimum Gasteiger partial charge on any atom is -0.351 e. The highest BCUT2D eigenvalue weighted by Crippen LogP contribution is 2.25. The fourth-order valence-electron chi connectivity index (χ4n) is 4.81. The third-order valence-corrected chi connectivity index (χ3v) is 7.72. The van der Waals surface area contributed by atoms with E-state index in [1.807, 2.05) is 23.1 Å². The van der Waals surface area contributed by atoms with Crippen LogP contribution in [0.5, 0.6) is 0 Å². The van der Waals surface area contributed by atoms with E-state index in [0.29, 0.717) is 25.2 Å². The molecular weight excluding hydrogens is 444 g/mol. The number of fused-ring (bicyclic) bond motifs is 2. The maximum absolute atomic E-state index is 13.3. The number of rotatable bonds is 5. The number of amides is 2. The van der Waals surface area contributed by atoms with Crippen LogP contribution in [0.4, 0.5) is 0 Å². The van der Waals surface area contributed by atoms with E-state index in [9.17, 15) is 9.59 Å². The molecule has 7 heteroatoms. The molecule has 0 radical (unpaired) electrons. The van der Waals surface area contributed by atoms with Crippen molar-refractivity contribution in [2.45, 2.75) is 33.2 Å². The van der Waals surface area contributed by atoms with Crippen molar-refractivity contribution in [1.29, 1.82) is 0 Å². The van der Waals surface area contributed by atoms with Gasteiger partial charge in [-0.2, -0.15) is 0 Å². The fourth-order valence-corrected chi connectivity index (χ4v) is 5.53. The van der Waals surface area contributed by atoms with Gasteiger partial charge in [-0.1, -0.05) is 18.2 Å². The predicted molar refractivity (Wildman–Crippen MR) is 136 cm³/mol. The molecule has 2 amide bonds. The number of nitrogens with zero attached hydrogens (tertiary/aromatic N) is 3. The van der Waals surface area contributed by atoms with E-state index in [-0.39, 0.29) is 11.8 Å². The number of nitrogens with one attached hydrogen (secondary N) is 1. The third-order valence-electron chi connectivity index (χ3n) is 6.93. The predicted octanol–water partition coefficient (Wildman–Crippen LogP) is 3.86. The maximum atomic E-state index is 13.3. The second-order valence-corrected chi connectivity index (χ2v) is 10.2. The molecule has 2 aromatic carbocycles. The summed E-state index contributed by atoms with van der Waals surface area (Å²) in [6.45, 7) is 8.56. The lowest BCUT2D eigenvalue weighted by molar-refractivity contribution is -0.128. The minimum absolute atomic E-state index is 0.0725. The number of carbonyl (C=O) groups is 2. The maximum Gasteiger partial charge on any atom is 0.251 e. The normalized spacial score (nSPS) is 16.3. The van der Waals surface area contributed by atoms with E-state index >= 15 is 0 Å². The number of aromatic nitrogens is 1. The van der Waals surface area contributed by atoms with Gasteiger partial charge < -0.3 is 10.2 Å². The Kier molecular flexibility index (Phi) is 6.48. The van der Waals surface area contributed by atoms with Crippen molar-refractivity contribution in [3.8, 4) is 0 Å². The van der Waals surface area contributed by atoms with E-state index < -0.39 is 0 Å². The number of hydrogen-bond acceptors (Lipinski definition) is 5. The average Bonchev–Trinajstić information content (AvgIpc) is 3.32. The fraction of sp³-hybridized carbons (Fsp3) is 0.370. The molecule has 3 heterocycles. The molecule has 2 aliphatic heterocycles. The van der Waals surface area contributed by atoms with Crippen LogP contribution in [0.1, 0.15) is 39.0 Å². The summed E-state index contributed by atoms with van der Waals surface area (Å²) in [5.41, 5.74) is 9.49. The van der Waals surface area contributed by atoms with Gasteiger partial charge in [0.2, 0.25) is 0 Å². The molecule has 2 aliphatic rings. The van der Waals surface area contributed by atoms with Crippen LogP contribution in [0.25, 0.3) is 10.2 Å². The molecular formula is C27H30N4O2S. The monoisotopic (exact) mass is 474 g/mol. The Morgan fingerprint density at radius 1 is 1.06 bits per heavy atom. The number of carbonyl (C=O) groups excluding carboxylic acids is 2. The van der Waals surface area contributed by atoms with Crippen LogP contribution in [-0.2, 0) is 17.8 Å². The van der Waals surface area contributed by atoms with Crippen molar-refractivity contribution in [3.63, 3.8) is 0 Å². The van der Waals surface area contributed by atoms with Crippen LogP contribution >= 0.6 is 11.3 Å². The number of hydrogen-bond donors (Lipinski definition) is 1. The summed E-state index contributed by atoms with van der Waals surface area (Å²) in [6.07, 6.45) is 3.87. The Labute approximate surface area is 204 Å². The van der Waals surface area contributed by atoms with E-state index in [1.54, 1.807) is 5.51 Å². The summed E-state index contributed by atoms with van der Waals surface area (Å²) < 4.78 is 1.02. The molecule has 0 spiro atoms. The van der Waals surface area contributed by atoms with Crippen LogP contribution < -0.4 is 5.32 Å². The van der Waals surface area contributed by atoms with E-state index in [2.05, 4.69) is 47.3 Å². The van der Waals surface area contributed by atoms with E-state index in [4.69, 9.17) is 0 Å². The molecule has 0 saturated heterocycles. The lowest BCUT2D eigenvalue weighted by atomic mass is 9.94. The topological polar surface area (TPSA) is 65.5 Å². The zero-order valence-corrected chi connectivity index (χ0v) is 20.6. The van der Waals surface area contributed by atoms with Gasteiger partial charge in [0.05, 0.1) is 15.7 Å². The molecule has 0 aliphatic carbocycles. The van der Waals surface area contributed by atoms with Crippen molar-refractivity contribution in [2.75, 3.05) is 32.7 Å². The summed E-state index contributed by atoms with van der Waals surface area (Å²) in [5, 5.41) is 3.02. The molecule has 0 bridgehead atoms. The van der Waals surface area contributed by atoms with Gasteiger partial charge in [0, 0.05) is 50.4 Å². The van der Waals surface area contributed by atoms with Crippen molar-refractivity contribution in [2.24, 2.45) is 0 Å². The Bertz CT molecular complexity index is 1280. The van der Waals surface area contributed by atoms with Gasteiger partial charge in [0.1, 0.15) is 0 Å². The van der Waals surface area contributed by atoms with Crippen LogP contribution in [0.2, 0.25) is 0 Å². The number of thiazole rings is 1. The van der Waals surface area contributed by atoms with Crippen LogP contribution in [0.15, 0.2) is 47.5 Å². The lowest BCUT2D eigenvalue weighted by Gasteiger charge is -2.33. The highest BCUT2D eigenvalue weighted by molar-refractivity contribution is 7.16. The first-order chi connectivity index (χ1) is 16.5. The van der Waals surface area contributed by atoms with Gasteiger partial charge in [0.25, 0.3) is 11.8 Å². The SMILES string of the molecule is Cc1cc2c(cc1C)CN(C(=O)C1=CCCN(CCNC(=O)c3ccc4ncsc4c3)C1)CC2. The molecule has 0 saturated carbocycles. The van der Waals surface area contributed by atoms with Gasteiger partial charge >= 0.3 is 0 Å². The van der Waals surface area contributed by atoms with Gasteiger partial charge in [-0.3, -0.25) is 14.5 Å². The van der Waals surface area contributed by atoms with Crippen LogP contribution in [-0.4, -0.2) is 59.3 Å². The second-order valence-electron chi connectivity index (χ2n) is 9.27. The van der Waals surface area contributed by atoms with Crippen molar-refractivity contribution in [1.82, 2.24) is 20.1 Å². The molecule has 176 valence electrons. The Morgan fingerprint density at radius 2 is 1.88 bits per heavy atom. The van der Waals surface area contributed by atoms with Crippen molar-refractivity contribution in [3.05, 3.63) is 75.3 Å². The lowest BCUT2D eigenvalue weighted by Crippen LogP contribution is -2.43. The van der Waals surface area contributed by atoms with Crippen molar-refractivity contribution < 1.29 is 9.59 Å². The highest BCUT2D eigenvalue weighted by Gasteiger charge is 2.26. The molecule has 34 heavy (non-hydrogen) atoms. The largest absolute Gasteiger partial charge is 0.351 e. The molecule has 1 N–H and O–H groups in total. The Morgan fingerprint density at radius 3 is 2.74 bits per heavy atom. The number of benzene rings is 2. The highest BCUT2D eigenvalue weighted by atomic mass is 32.1. The zero-order chi connectivity index (χ0) is 23.7. The first-order valence-electron chi connectivity index (χ1n) is 11.9. The Balaban J connectivity index is 1.14.